The SMILES string of the molecule is CC[C@@H]1O[C@@H]2CCCO[C@H]2C[C@H]1O. The second-order valence-electron chi connectivity index (χ2n) is 3.98. The van der Waals surface area contributed by atoms with E-state index in [0.717, 1.165) is 32.3 Å². The Hall–Kier alpha value is -0.120. The van der Waals surface area contributed by atoms with Gasteiger partial charge in [-0.25, -0.2) is 0 Å². The Morgan fingerprint density at radius 3 is 3.00 bits per heavy atom. The summed E-state index contributed by atoms with van der Waals surface area (Å²) < 4.78 is 11.3. The quantitative estimate of drug-likeness (QED) is 0.666. The monoisotopic (exact) mass is 186 g/mol. The van der Waals surface area contributed by atoms with Crippen LogP contribution in [0.1, 0.15) is 32.6 Å². The second kappa shape index (κ2) is 3.95. The molecule has 0 aromatic rings. The molecule has 0 aromatic heterocycles. The summed E-state index contributed by atoms with van der Waals surface area (Å²) in [5.74, 6) is 0. The van der Waals surface area contributed by atoms with Crippen LogP contribution >= 0.6 is 0 Å². The third kappa shape index (κ3) is 1.87. The number of aliphatic hydroxyl groups is 1. The average Bonchev–Trinajstić information content (AvgIpc) is 2.17. The molecule has 3 nitrogen and oxygen atoms in total. The Morgan fingerprint density at radius 1 is 1.38 bits per heavy atom. The Bertz CT molecular complexity index is 172. The number of fused-ring (bicyclic) bond motifs is 1. The fourth-order valence-corrected chi connectivity index (χ4v) is 2.26. The van der Waals surface area contributed by atoms with Crippen molar-refractivity contribution in [3.05, 3.63) is 0 Å². The molecule has 0 spiro atoms. The molecule has 0 aliphatic carbocycles. The molecule has 2 heterocycles. The molecular weight excluding hydrogens is 168 g/mol. The molecule has 0 bridgehead atoms. The molecule has 0 unspecified atom stereocenters. The maximum Gasteiger partial charge on any atom is 0.0862 e. The number of aliphatic hydroxyl groups excluding tert-OH is 1. The van der Waals surface area contributed by atoms with E-state index in [-0.39, 0.29) is 24.4 Å². The standard InChI is InChI=1S/C10H18O3/c1-2-8-7(11)6-10-9(13-8)4-3-5-12-10/h7-11H,2-6H2,1H3/t7-,8+,9-,10+/m1/s1. The minimum Gasteiger partial charge on any atom is -0.390 e. The summed E-state index contributed by atoms with van der Waals surface area (Å²) in [6, 6.07) is 0. The van der Waals surface area contributed by atoms with Crippen LogP contribution in [0.25, 0.3) is 0 Å². The van der Waals surface area contributed by atoms with Crippen LogP contribution in [0, 0.1) is 0 Å². The Kier molecular flexibility index (Phi) is 2.86. The van der Waals surface area contributed by atoms with Crippen molar-refractivity contribution in [3.8, 4) is 0 Å². The third-order valence-electron chi connectivity index (χ3n) is 3.03. The predicted octanol–water partition coefficient (Wildman–Crippen LogP) is 1.09. The lowest BCUT2D eigenvalue weighted by atomic mass is 9.93. The van der Waals surface area contributed by atoms with Crippen LogP contribution in [0.3, 0.4) is 0 Å². The number of hydrogen-bond acceptors (Lipinski definition) is 3. The minimum atomic E-state index is -0.329. The Balaban J connectivity index is 1.97. The molecule has 0 aromatic carbocycles. The van der Waals surface area contributed by atoms with Crippen molar-refractivity contribution in [1.82, 2.24) is 0 Å². The highest BCUT2D eigenvalue weighted by atomic mass is 16.6. The van der Waals surface area contributed by atoms with Crippen LogP contribution in [0.15, 0.2) is 0 Å². The van der Waals surface area contributed by atoms with Gasteiger partial charge in [-0.3, -0.25) is 0 Å². The zero-order valence-electron chi connectivity index (χ0n) is 8.11. The molecule has 2 fully saturated rings. The van der Waals surface area contributed by atoms with E-state index in [1.54, 1.807) is 0 Å². The van der Waals surface area contributed by atoms with E-state index < -0.39 is 0 Å². The molecule has 2 aliphatic heterocycles. The fraction of sp³-hybridized carbons (Fsp3) is 1.00. The molecule has 13 heavy (non-hydrogen) atoms. The van der Waals surface area contributed by atoms with E-state index in [4.69, 9.17) is 9.47 Å². The van der Waals surface area contributed by atoms with Crippen LogP contribution in [0.5, 0.6) is 0 Å². The van der Waals surface area contributed by atoms with Crippen LogP contribution in [-0.2, 0) is 9.47 Å². The number of rotatable bonds is 1. The zero-order valence-corrected chi connectivity index (χ0v) is 8.11. The van der Waals surface area contributed by atoms with Crippen molar-refractivity contribution in [2.24, 2.45) is 0 Å². The molecule has 4 atom stereocenters. The maximum absolute atomic E-state index is 9.70. The minimum absolute atomic E-state index is 0.0305. The summed E-state index contributed by atoms with van der Waals surface area (Å²) in [5, 5.41) is 9.70. The van der Waals surface area contributed by atoms with E-state index in [9.17, 15) is 5.11 Å². The van der Waals surface area contributed by atoms with Gasteiger partial charge in [-0.2, -0.15) is 0 Å². The highest BCUT2D eigenvalue weighted by Gasteiger charge is 2.38. The van der Waals surface area contributed by atoms with E-state index in [2.05, 4.69) is 6.92 Å². The van der Waals surface area contributed by atoms with Gasteiger partial charge in [-0.15, -0.1) is 0 Å². The molecule has 2 aliphatic rings. The van der Waals surface area contributed by atoms with E-state index in [1.807, 2.05) is 0 Å². The van der Waals surface area contributed by atoms with E-state index in [0.29, 0.717) is 0 Å². The summed E-state index contributed by atoms with van der Waals surface area (Å²) >= 11 is 0. The lowest BCUT2D eigenvalue weighted by Gasteiger charge is -2.41. The van der Waals surface area contributed by atoms with Gasteiger partial charge in [0.1, 0.15) is 0 Å². The molecule has 0 amide bonds. The van der Waals surface area contributed by atoms with Crippen molar-refractivity contribution in [2.45, 2.75) is 57.0 Å². The van der Waals surface area contributed by atoms with Gasteiger partial charge >= 0.3 is 0 Å². The lowest BCUT2D eigenvalue weighted by Crippen LogP contribution is -2.49. The first-order valence-corrected chi connectivity index (χ1v) is 5.26. The topological polar surface area (TPSA) is 38.7 Å². The molecule has 76 valence electrons. The molecule has 0 saturated carbocycles. The third-order valence-corrected chi connectivity index (χ3v) is 3.03. The van der Waals surface area contributed by atoms with E-state index in [1.165, 1.54) is 0 Å². The van der Waals surface area contributed by atoms with Gasteiger partial charge in [-0.05, 0) is 19.3 Å². The molecule has 0 radical (unpaired) electrons. The summed E-state index contributed by atoms with van der Waals surface area (Å²) in [5.41, 5.74) is 0. The summed E-state index contributed by atoms with van der Waals surface area (Å²) in [7, 11) is 0. The van der Waals surface area contributed by atoms with Gasteiger partial charge in [-0.1, -0.05) is 6.92 Å². The first-order chi connectivity index (χ1) is 6.31. The van der Waals surface area contributed by atoms with Gasteiger partial charge < -0.3 is 14.6 Å². The normalized spacial score (nSPS) is 45.7. The molecular formula is C10H18O3. The lowest BCUT2D eigenvalue weighted by molar-refractivity contribution is -0.201. The average molecular weight is 186 g/mol. The number of ether oxygens (including phenoxy) is 2. The van der Waals surface area contributed by atoms with Gasteiger partial charge in [0.05, 0.1) is 24.4 Å². The summed E-state index contributed by atoms with van der Waals surface area (Å²) in [6.07, 6.45) is 3.91. The zero-order chi connectivity index (χ0) is 9.26. The first kappa shape index (κ1) is 9.44. The van der Waals surface area contributed by atoms with Gasteiger partial charge in [0.25, 0.3) is 0 Å². The highest BCUT2D eigenvalue weighted by Crippen LogP contribution is 2.29. The number of hydrogen-bond donors (Lipinski definition) is 1. The first-order valence-electron chi connectivity index (χ1n) is 5.26. The fourth-order valence-electron chi connectivity index (χ4n) is 2.26. The van der Waals surface area contributed by atoms with Crippen molar-refractivity contribution in [3.63, 3.8) is 0 Å². The molecule has 2 saturated heterocycles. The second-order valence-corrected chi connectivity index (χ2v) is 3.98. The van der Waals surface area contributed by atoms with Crippen LogP contribution in [0.4, 0.5) is 0 Å². The van der Waals surface area contributed by atoms with Gasteiger partial charge in [0.2, 0.25) is 0 Å². The van der Waals surface area contributed by atoms with Gasteiger partial charge in [0, 0.05) is 13.0 Å². The molecule has 2 rings (SSSR count). The smallest absolute Gasteiger partial charge is 0.0862 e. The van der Waals surface area contributed by atoms with Crippen molar-refractivity contribution < 1.29 is 14.6 Å². The summed E-state index contributed by atoms with van der Waals surface area (Å²) in [6.45, 7) is 2.88. The Morgan fingerprint density at radius 2 is 2.23 bits per heavy atom. The molecule has 1 N–H and O–H groups in total. The highest BCUT2D eigenvalue weighted by molar-refractivity contribution is 4.86. The van der Waals surface area contributed by atoms with Crippen molar-refractivity contribution in [1.29, 1.82) is 0 Å². The summed E-state index contributed by atoms with van der Waals surface area (Å²) in [4.78, 5) is 0. The van der Waals surface area contributed by atoms with Crippen molar-refractivity contribution in [2.75, 3.05) is 6.61 Å². The van der Waals surface area contributed by atoms with Crippen molar-refractivity contribution >= 4 is 0 Å². The molecule has 3 heteroatoms. The largest absolute Gasteiger partial charge is 0.390 e. The predicted molar refractivity (Wildman–Crippen MR) is 48.5 cm³/mol. The van der Waals surface area contributed by atoms with Crippen LogP contribution in [-0.4, -0.2) is 36.1 Å². The maximum atomic E-state index is 9.70. The van der Waals surface area contributed by atoms with Crippen LogP contribution < -0.4 is 0 Å². The van der Waals surface area contributed by atoms with Crippen LogP contribution in [0.2, 0.25) is 0 Å². The van der Waals surface area contributed by atoms with E-state index >= 15 is 0 Å². The Labute approximate surface area is 79.0 Å². The van der Waals surface area contributed by atoms with Gasteiger partial charge in [0.15, 0.2) is 0 Å².